The Morgan fingerprint density at radius 2 is 1.64 bits per heavy atom. The highest BCUT2D eigenvalue weighted by Gasteiger charge is 2.15. The molecule has 0 saturated carbocycles. The lowest BCUT2D eigenvalue weighted by Gasteiger charge is -2.14. The predicted octanol–water partition coefficient (Wildman–Crippen LogP) is 2.12. The molecule has 1 unspecified atom stereocenters. The number of carbonyl (C=O) groups excluding carboxylic acids is 2. The first-order valence-corrected chi connectivity index (χ1v) is 7.22. The van der Waals surface area contributed by atoms with Gasteiger partial charge in [0.15, 0.2) is 0 Å². The molecule has 0 bridgehead atoms. The average molecular weight is 306 g/mol. The van der Waals surface area contributed by atoms with Crippen molar-refractivity contribution in [1.29, 1.82) is 0 Å². The molecule has 0 heterocycles. The van der Waals surface area contributed by atoms with Crippen molar-refractivity contribution in [3.8, 4) is 0 Å². The molecule has 0 aliphatic carbocycles. The van der Waals surface area contributed by atoms with Gasteiger partial charge in [0.25, 0.3) is 0 Å². The van der Waals surface area contributed by atoms with Gasteiger partial charge in [0, 0.05) is 18.5 Å². The summed E-state index contributed by atoms with van der Waals surface area (Å²) in [6, 6.07) is 6.55. The van der Waals surface area contributed by atoms with Crippen LogP contribution in [0.1, 0.15) is 45.1 Å². The molecule has 6 heteroatoms. The highest BCUT2D eigenvalue weighted by Crippen LogP contribution is 2.23. The molecule has 1 aromatic carbocycles. The van der Waals surface area contributed by atoms with Crippen molar-refractivity contribution in [2.24, 2.45) is 0 Å². The Bertz CT molecular complexity index is 555. The first kappa shape index (κ1) is 17.7. The zero-order valence-corrected chi connectivity index (χ0v) is 13.1. The Morgan fingerprint density at radius 3 is 2.23 bits per heavy atom. The molecule has 2 amide bonds. The predicted molar refractivity (Wildman–Crippen MR) is 83.6 cm³/mol. The molecule has 1 aromatic rings. The molecule has 0 aromatic heterocycles. The van der Waals surface area contributed by atoms with E-state index in [1.807, 2.05) is 38.1 Å². The molecule has 1 atom stereocenters. The van der Waals surface area contributed by atoms with Gasteiger partial charge in [-0.1, -0.05) is 32.0 Å². The van der Waals surface area contributed by atoms with Crippen molar-refractivity contribution in [2.75, 3.05) is 5.32 Å². The molecule has 120 valence electrons. The van der Waals surface area contributed by atoms with Crippen molar-refractivity contribution in [3.05, 3.63) is 29.8 Å². The SMILES string of the molecule is CC(NC(=O)CCC(=O)Nc1ccccc1C(C)C)C(=O)O. The van der Waals surface area contributed by atoms with Gasteiger partial charge in [0.2, 0.25) is 11.8 Å². The minimum atomic E-state index is -1.11. The molecule has 0 aliphatic heterocycles. The van der Waals surface area contributed by atoms with E-state index < -0.39 is 17.9 Å². The third-order valence-electron chi connectivity index (χ3n) is 3.18. The number of rotatable bonds is 7. The number of hydrogen-bond donors (Lipinski definition) is 3. The molecule has 0 fully saturated rings. The van der Waals surface area contributed by atoms with E-state index in [1.165, 1.54) is 6.92 Å². The minimum absolute atomic E-state index is 0.00457. The van der Waals surface area contributed by atoms with E-state index >= 15 is 0 Å². The van der Waals surface area contributed by atoms with E-state index in [-0.39, 0.29) is 24.7 Å². The van der Waals surface area contributed by atoms with Crippen LogP contribution in [-0.2, 0) is 14.4 Å². The molecule has 22 heavy (non-hydrogen) atoms. The summed E-state index contributed by atoms with van der Waals surface area (Å²) in [6.07, 6.45) is -0.0437. The van der Waals surface area contributed by atoms with Crippen LogP contribution in [0.5, 0.6) is 0 Å². The van der Waals surface area contributed by atoms with Crippen molar-refractivity contribution in [3.63, 3.8) is 0 Å². The number of amides is 2. The van der Waals surface area contributed by atoms with Gasteiger partial charge in [-0.05, 0) is 24.5 Å². The van der Waals surface area contributed by atoms with Gasteiger partial charge >= 0.3 is 5.97 Å². The number of hydrogen-bond acceptors (Lipinski definition) is 3. The summed E-state index contributed by atoms with van der Waals surface area (Å²) in [5.74, 6) is -1.56. The van der Waals surface area contributed by atoms with Gasteiger partial charge in [-0.15, -0.1) is 0 Å². The van der Waals surface area contributed by atoms with Gasteiger partial charge in [-0.25, -0.2) is 0 Å². The monoisotopic (exact) mass is 306 g/mol. The summed E-state index contributed by atoms with van der Waals surface area (Å²) >= 11 is 0. The highest BCUT2D eigenvalue weighted by atomic mass is 16.4. The largest absolute Gasteiger partial charge is 0.480 e. The summed E-state index contributed by atoms with van der Waals surface area (Å²) in [4.78, 5) is 34.1. The Kier molecular flexibility index (Phi) is 6.56. The summed E-state index contributed by atoms with van der Waals surface area (Å²) in [5, 5.41) is 13.8. The lowest BCUT2D eigenvalue weighted by Crippen LogP contribution is -2.38. The van der Waals surface area contributed by atoms with Crippen molar-refractivity contribution < 1.29 is 19.5 Å². The van der Waals surface area contributed by atoms with Gasteiger partial charge < -0.3 is 15.7 Å². The topological polar surface area (TPSA) is 95.5 Å². The molecule has 3 N–H and O–H groups in total. The number of carboxylic acid groups (broad SMARTS) is 1. The summed E-state index contributed by atoms with van der Waals surface area (Å²) in [7, 11) is 0. The van der Waals surface area contributed by atoms with Crippen LogP contribution in [0.15, 0.2) is 24.3 Å². The first-order chi connectivity index (χ1) is 10.3. The second kappa shape index (κ2) is 8.17. The molecular formula is C16H22N2O4. The fourth-order valence-corrected chi connectivity index (χ4v) is 1.93. The third kappa shape index (κ3) is 5.55. The second-order valence-electron chi connectivity index (χ2n) is 5.42. The number of carbonyl (C=O) groups is 3. The Hall–Kier alpha value is -2.37. The average Bonchev–Trinajstić information content (AvgIpc) is 2.45. The van der Waals surface area contributed by atoms with Gasteiger partial charge in [-0.2, -0.15) is 0 Å². The highest BCUT2D eigenvalue weighted by molar-refractivity contribution is 5.94. The number of benzene rings is 1. The Labute approximate surface area is 129 Å². The zero-order chi connectivity index (χ0) is 16.7. The molecule has 0 spiro atoms. The molecule has 0 radical (unpaired) electrons. The summed E-state index contributed by atoms with van der Waals surface area (Å²) < 4.78 is 0. The normalized spacial score (nSPS) is 11.8. The number of carboxylic acids is 1. The fraction of sp³-hybridized carbons (Fsp3) is 0.438. The van der Waals surface area contributed by atoms with Crippen LogP contribution in [0.25, 0.3) is 0 Å². The number of nitrogens with one attached hydrogen (secondary N) is 2. The van der Waals surface area contributed by atoms with E-state index in [0.717, 1.165) is 11.3 Å². The maximum absolute atomic E-state index is 11.9. The smallest absolute Gasteiger partial charge is 0.325 e. The third-order valence-corrected chi connectivity index (χ3v) is 3.18. The summed E-state index contributed by atoms with van der Waals surface area (Å²) in [5.41, 5.74) is 1.77. The molecule has 1 rings (SSSR count). The van der Waals surface area contributed by atoms with Crippen molar-refractivity contribution >= 4 is 23.5 Å². The lowest BCUT2D eigenvalue weighted by molar-refractivity contribution is -0.141. The van der Waals surface area contributed by atoms with E-state index in [2.05, 4.69) is 10.6 Å². The Morgan fingerprint density at radius 1 is 1.05 bits per heavy atom. The number of aliphatic carboxylic acids is 1. The molecular weight excluding hydrogens is 284 g/mol. The zero-order valence-electron chi connectivity index (χ0n) is 13.1. The van der Waals surface area contributed by atoms with E-state index in [9.17, 15) is 14.4 Å². The van der Waals surface area contributed by atoms with E-state index in [1.54, 1.807) is 0 Å². The van der Waals surface area contributed by atoms with Crippen LogP contribution in [0.3, 0.4) is 0 Å². The fourth-order valence-electron chi connectivity index (χ4n) is 1.93. The minimum Gasteiger partial charge on any atom is -0.480 e. The van der Waals surface area contributed by atoms with Crippen LogP contribution in [0, 0.1) is 0 Å². The second-order valence-corrected chi connectivity index (χ2v) is 5.42. The maximum Gasteiger partial charge on any atom is 0.325 e. The quantitative estimate of drug-likeness (QED) is 0.719. The van der Waals surface area contributed by atoms with Crippen LogP contribution in [0.4, 0.5) is 5.69 Å². The molecule has 0 saturated heterocycles. The van der Waals surface area contributed by atoms with Crippen LogP contribution in [0.2, 0.25) is 0 Å². The number of anilines is 1. The van der Waals surface area contributed by atoms with Crippen molar-refractivity contribution in [2.45, 2.75) is 45.6 Å². The van der Waals surface area contributed by atoms with Crippen LogP contribution in [-0.4, -0.2) is 28.9 Å². The van der Waals surface area contributed by atoms with E-state index in [4.69, 9.17) is 5.11 Å². The lowest BCUT2D eigenvalue weighted by atomic mass is 10.0. The van der Waals surface area contributed by atoms with E-state index in [0.29, 0.717) is 0 Å². The summed E-state index contributed by atoms with van der Waals surface area (Å²) in [6.45, 7) is 5.44. The van der Waals surface area contributed by atoms with Gasteiger partial charge in [0.05, 0.1) is 0 Å². The Balaban J connectivity index is 2.51. The maximum atomic E-state index is 11.9. The molecule has 0 aliphatic rings. The molecule has 6 nitrogen and oxygen atoms in total. The van der Waals surface area contributed by atoms with Gasteiger partial charge in [-0.3, -0.25) is 14.4 Å². The standard InChI is InChI=1S/C16H22N2O4/c1-10(2)12-6-4-5-7-13(12)18-15(20)9-8-14(19)17-11(3)16(21)22/h4-7,10-11H,8-9H2,1-3H3,(H,17,19)(H,18,20)(H,21,22). The van der Waals surface area contributed by atoms with Crippen molar-refractivity contribution in [1.82, 2.24) is 5.32 Å². The first-order valence-electron chi connectivity index (χ1n) is 7.22. The van der Waals surface area contributed by atoms with Crippen LogP contribution >= 0.6 is 0 Å². The van der Waals surface area contributed by atoms with Crippen LogP contribution < -0.4 is 10.6 Å². The number of para-hydroxylation sites is 1. The van der Waals surface area contributed by atoms with Gasteiger partial charge in [0.1, 0.15) is 6.04 Å².